The van der Waals surface area contributed by atoms with Crippen LogP contribution in [0.1, 0.15) is 24.5 Å². The zero-order valence-corrected chi connectivity index (χ0v) is 7.58. The SMILES string of the molecule is OCn1ncc(Br)c1C1CC1. The van der Waals surface area contributed by atoms with Crippen LogP contribution in [0.5, 0.6) is 0 Å². The van der Waals surface area contributed by atoms with Crippen LogP contribution < -0.4 is 0 Å². The first-order valence-corrected chi connectivity index (χ1v) is 4.44. The molecule has 0 saturated heterocycles. The predicted octanol–water partition coefficient (Wildman–Crippen LogP) is 1.47. The van der Waals surface area contributed by atoms with Gasteiger partial charge in [0.15, 0.2) is 0 Å². The molecule has 1 saturated carbocycles. The van der Waals surface area contributed by atoms with E-state index >= 15 is 0 Å². The van der Waals surface area contributed by atoms with Crippen LogP contribution in [-0.2, 0) is 6.73 Å². The smallest absolute Gasteiger partial charge is 0.136 e. The van der Waals surface area contributed by atoms with E-state index in [0.717, 1.165) is 10.2 Å². The molecule has 1 aromatic heterocycles. The summed E-state index contributed by atoms with van der Waals surface area (Å²) >= 11 is 3.40. The molecule has 0 bridgehead atoms. The number of aliphatic hydroxyl groups excluding tert-OH is 1. The van der Waals surface area contributed by atoms with E-state index in [0.29, 0.717) is 5.92 Å². The van der Waals surface area contributed by atoms with Gasteiger partial charge in [0.25, 0.3) is 0 Å². The van der Waals surface area contributed by atoms with E-state index in [1.165, 1.54) is 12.8 Å². The van der Waals surface area contributed by atoms with Gasteiger partial charge in [-0.1, -0.05) is 0 Å². The van der Waals surface area contributed by atoms with Crippen LogP contribution >= 0.6 is 15.9 Å². The number of hydrogen-bond donors (Lipinski definition) is 1. The highest BCUT2D eigenvalue weighted by atomic mass is 79.9. The van der Waals surface area contributed by atoms with Crippen molar-refractivity contribution in [2.45, 2.75) is 25.5 Å². The molecule has 1 aliphatic carbocycles. The molecule has 4 heteroatoms. The van der Waals surface area contributed by atoms with Crippen LogP contribution in [0, 0.1) is 0 Å². The van der Waals surface area contributed by atoms with E-state index in [2.05, 4.69) is 21.0 Å². The number of halogens is 1. The van der Waals surface area contributed by atoms with E-state index in [4.69, 9.17) is 5.11 Å². The molecule has 1 aromatic rings. The fourth-order valence-electron chi connectivity index (χ4n) is 1.25. The molecule has 0 aromatic carbocycles. The molecule has 0 amide bonds. The minimum atomic E-state index is -0.0164. The Morgan fingerprint density at radius 2 is 2.45 bits per heavy atom. The molecule has 0 atom stereocenters. The summed E-state index contributed by atoms with van der Waals surface area (Å²) < 4.78 is 2.66. The Morgan fingerprint density at radius 1 is 1.73 bits per heavy atom. The molecule has 0 spiro atoms. The zero-order valence-electron chi connectivity index (χ0n) is 6.00. The average molecular weight is 217 g/mol. The second-order valence-corrected chi connectivity index (χ2v) is 3.65. The molecule has 0 radical (unpaired) electrons. The average Bonchev–Trinajstić information content (AvgIpc) is 2.76. The summed E-state index contributed by atoms with van der Waals surface area (Å²) in [4.78, 5) is 0. The summed E-state index contributed by atoms with van der Waals surface area (Å²) in [5, 5.41) is 12.9. The first kappa shape index (κ1) is 7.31. The third-order valence-corrected chi connectivity index (χ3v) is 2.54. The topological polar surface area (TPSA) is 38.0 Å². The molecular formula is C7H9BrN2O. The van der Waals surface area contributed by atoms with E-state index < -0.39 is 0 Å². The lowest BCUT2D eigenvalue weighted by Gasteiger charge is -2.01. The minimum absolute atomic E-state index is 0.0164. The van der Waals surface area contributed by atoms with Gasteiger partial charge >= 0.3 is 0 Å². The molecule has 3 nitrogen and oxygen atoms in total. The first-order valence-electron chi connectivity index (χ1n) is 3.65. The molecule has 0 unspecified atom stereocenters. The summed E-state index contributed by atoms with van der Waals surface area (Å²) in [5.74, 6) is 0.624. The van der Waals surface area contributed by atoms with Gasteiger partial charge in [0, 0.05) is 5.92 Å². The Hall–Kier alpha value is -0.350. The van der Waals surface area contributed by atoms with Crippen LogP contribution in [0.25, 0.3) is 0 Å². The lowest BCUT2D eigenvalue weighted by molar-refractivity contribution is 0.191. The van der Waals surface area contributed by atoms with Crippen molar-refractivity contribution in [3.63, 3.8) is 0 Å². The summed E-state index contributed by atoms with van der Waals surface area (Å²) in [6, 6.07) is 0. The van der Waals surface area contributed by atoms with Crippen molar-refractivity contribution in [3.8, 4) is 0 Å². The molecule has 1 N–H and O–H groups in total. The van der Waals surface area contributed by atoms with Gasteiger partial charge in [-0.25, -0.2) is 4.68 Å². The maximum atomic E-state index is 8.89. The number of aromatic nitrogens is 2. The second kappa shape index (κ2) is 2.60. The van der Waals surface area contributed by atoms with E-state index in [1.807, 2.05) is 0 Å². The quantitative estimate of drug-likeness (QED) is 0.814. The second-order valence-electron chi connectivity index (χ2n) is 2.79. The van der Waals surface area contributed by atoms with Crippen LogP contribution in [0.4, 0.5) is 0 Å². The van der Waals surface area contributed by atoms with Gasteiger partial charge in [-0.2, -0.15) is 5.10 Å². The molecule has 60 valence electrons. The maximum absolute atomic E-state index is 8.89. The summed E-state index contributed by atoms with van der Waals surface area (Å²) in [7, 11) is 0. The molecule has 1 aliphatic rings. The fourth-order valence-corrected chi connectivity index (χ4v) is 1.87. The standard InChI is InChI=1S/C7H9BrN2O/c8-6-3-9-10(4-11)7(6)5-1-2-5/h3,5,11H,1-2,4H2. The summed E-state index contributed by atoms with van der Waals surface area (Å²) in [5.41, 5.74) is 1.15. The van der Waals surface area contributed by atoms with Crippen molar-refractivity contribution in [1.29, 1.82) is 0 Å². The Labute approximate surface area is 73.2 Å². The van der Waals surface area contributed by atoms with Crippen molar-refractivity contribution in [2.24, 2.45) is 0 Å². The first-order chi connectivity index (χ1) is 5.33. The van der Waals surface area contributed by atoms with Crippen LogP contribution in [0.2, 0.25) is 0 Å². The monoisotopic (exact) mass is 216 g/mol. The highest BCUT2D eigenvalue weighted by Crippen LogP contribution is 2.42. The zero-order chi connectivity index (χ0) is 7.84. The molecule has 1 heterocycles. The summed E-state index contributed by atoms with van der Waals surface area (Å²) in [6.07, 6.45) is 4.19. The highest BCUT2D eigenvalue weighted by molar-refractivity contribution is 9.10. The van der Waals surface area contributed by atoms with Gasteiger partial charge in [-0.3, -0.25) is 0 Å². The van der Waals surface area contributed by atoms with Crippen molar-refractivity contribution >= 4 is 15.9 Å². The van der Waals surface area contributed by atoms with Crippen molar-refractivity contribution in [3.05, 3.63) is 16.4 Å². The number of aliphatic hydroxyl groups is 1. The van der Waals surface area contributed by atoms with E-state index in [1.54, 1.807) is 10.9 Å². The molecular weight excluding hydrogens is 208 g/mol. The Balaban J connectivity index is 2.38. The highest BCUT2D eigenvalue weighted by Gasteiger charge is 2.29. The maximum Gasteiger partial charge on any atom is 0.136 e. The summed E-state index contributed by atoms with van der Waals surface area (Å²) in [6.45, 7) is -0.0164. The predicted molar refractivity (Wildman–Crippen MR) is 44.1 cm³/mol. The number of rotatable bonds is 2. The van der Waals surface area contributed by atoms with Crippen LogP contribution in [0.15, 0.2) is 10.7 Å². The van der Waals surface area contributed by atoms with Crippen LogP contribution in [-0.4, -0.2) is 14.9 Å². The van der Waals surface area contributed by atoms with Gasteiger partial charge in [-0.05, 0) is 28.8 Å². The molecule has 11 heavy (non-hydrogen) atoms. The van der Waals surface area contributed by atoms with Crippen LogP contribution in [0.3, 0.4) is 0 Å². The van der Waals surface area contributed by atoms with Crippen molar-refractivity contribution in [2.75, 3.05) is 0 Å². The van der Waals surface area contributed by atoms with Crippen molar-refractivity contribution < 1.29 is 5.11 Å². The van der Waals surface area contributed by atoms with Gasteiger partial charge in [0.2, 0.25) is 0 Å². The lowest BCUT2D eigenvalue weighted by atomic mass is 10.3. The van der Waals surface area contributed by atoms with Gasteiger partial charge in [0.05, 0.1) is 16.4 Å². The Morgan fingerprint density at radius 3 is 3.00 bits per heavy atom. The molecule has 0 aliphatic heterocycles. The van der Waals surface area contributed by atoms with Gasteiger partial charge < -0.3 is 5.11 Å². The molecule has 1 fully saturated rings. The number of nitrogens with zero attached hydrogens (tertiary/aromatic N) is 2. The minimum Gasteiger partial charge on any atom is -0.374 e. The normalized spacial score (nSPS) is 17.3. The van der Waals surface area contributed by atoms with E-state index in [9.17, 15) is 0 Å². The Kier molecular flexibility index (Phi) is 1.73. The third-order valence-electron chi connectivity index (χ3n) is 1.93. The lowest BCUT2D eigenvalue weighted by Crippen LogP contribution is -2.03. The van der Waals surface area contributed by atoms with E-state index in [-0.39, 0.29) is 6.73 Å². The van der Waals surface area contributed by atoms with Crippen molar-refractivity contribution in [1.82, 2.24) is 9.78 Å². The van der Waals surface area contributed by atoms with Gasteiger partial charge in [-0.15, -0.1) is 0 Å². The Bertz CT molecular complexity index is 267. The third kappa shape index (κ3) is 1.20. The van der Waals surface area contributed by atoms with Gasteiger partial charge in [0.1, 0.15) is 6.73 Å². The number of hydrogen-bond acceptors (Lipinski definition) is 2. The fraction of sp³-hybridized carbons (Fsp3) is 0.571. The molecule has 2 rings (SSSR count). The largest absolute Gasteiger partial charge is 0.374 e.